The van der Waals surface area contributed by atoms with Crippen molar-refractivity contribution in [3.8, 4) is 0 Å². The minimum Gasteiger partial charge on any atom is -0.399 e. The molecule has 0 heterocycles. The monoisotopic (exact) mass is 292 g/mol. The lowest BCUT2D eigenvalue weighted by molar-refractivity contribution is -0.136. The number of anilines is 1. The van der Waals surface area contributed by atoms with E-state index in [-0.39, 0.29) is 11.8 Å². The molecule has 0 aromatic heterocycles. The molecule has 0 radical (unpaired) electrons. The molecule has 2 aliphatic rings. The highest BCUT2D eigenvalue weighted by molar-refractivity contribution is 6.31. The first-order valence-corrected chi connectivity index (χ1v) is 7.71. The molecule has 0 saturated heterocycles. The molecule has 3 atom stereocenters. The van der Waals surface area contributed by atoms with Crippen LogP contribution in [0.15, 0.2) is 18.2 Å². The van der Waals surface area contributed by atoms with E-state index in [0.29, 0.717) is 23.2 Å². The number of nitrogen functional groups attached to an aromatic ring is 1. The maximum atomic E-state index is 12.6. The number of nitrogens with two attached hydrogens (primary N) is 1. The molecule has 1 amide bonds. The van der Waals surface area contributed by atoms with Crippen LogP contribution in [0, 0.1) is 17.8 Å². The van der Waals surface area contributed by atoms with Gasteiger partial charge in [-0.25, -0.2) is 0 Å². The summed E-state index contributed by atoms with van der Waals surface area (Å²) in [6.45, 7) is 0.538. The summed E-state index contributed by atoms with van der Waals surface area (Å²) in [4.78, 5) is 14.4. The molecule has 1 aromatic carbocycles. The van der Waals surface area contributed by atoms with E-state index in [9.17, 15) is 4.79 Å². The topological polar surface area (TPSA) is 46.3 Å². The van der Waals surface area contributed by atoms with E-state index < -0.39 is 0 Å². The van der Waals surface area contributed by atoms with Crippen molar-refractivity contribution in [1.82, 2.24) is 4.90 Å². The van der Waals surface area contributed by atoms with E-state index in [1.165, 1.54) is 19.3 Å². The van der Waals surface area contributed by atoms with Gasteiger partial charge in [0.2, 0.25) is 5.91 Å². The van der Waals surface area contributed by atoms with Crippen LogP contribution in [0.25, 0.3) is 0 Å². The van der Waals surface area contributed by atoms with Gasteiger partial charge in [-0.05, 0) is 54.9 Å². The minimum atomic E-state index is 0.235. The molecular formula is C16H21ClN2O. The summed E-state index contributed by atoms with van der Waals surface area (Å²) in [6.07, 6.45) is 4.88. The van der Waals surface area contributed by atoms with Gasteiger partial charge in [-0.1, -0.05) is 18.0 Å². The Balaban J connectivity index is 1.68. The van der Waals surface area contributed by atoms with Gasteiger partial charge in [0.05, 0.1) is 0 Å². The first-order valence-electron chi connectivity index (χ1n) is 7.33. The van der Waals surface area contributed by atoms with E-state index >= 15 is 0 Å². The van der Waals surface area contributed by atoms with Gasteiger partial charge in [0.1, 0.15) is 0 Å². The molecule has 2 aliphatic carbocycles. The smallest absolute Gasteiger partial charge is 0.226 e. The number of fused-ring (bicyclic) bond motifs is 2. The SMILES string of the molecule is CN(Cc1cc(N)ccc1Cl)C(=O)C1CC2CCC1C2. The summed E-state index contributed by atoms with van der Waals surface area (Å²) in [6, 6.07) is 5.43. The van der Waals surface area contributed by atoms with Crippen molar-refractivity contribution in [3.05, 3.63) is 28.8 Å². The third kappa shape index (κ3) is 2.51. The van der Waals surface area contributed by atoms with E-state index in [0.717, 1.165) is 17.9 Å². The summed E-state index contributed by atoms with van der Waals surface area (Å²) < 4.78 is 0. The molecule has 0 spiro atoms. The number of benzene rings is 1. The van der Waals surface area contributed by atoms with Crippen LogP contribution in [-0.2, 0) is 11.3 Å². The highest BCUT2D eigenvalue weighted by Gasteiger charge is 2.43. The Morgan fingerprint density at radius 3 is 2.85 bits per heavy atom. The van der Waals surface area contributed by atoms with Crippen molar-refractivity contribution in [2.45, 2.75) is 32.2 Å². The van der Waals surface area contributed by atoms with Crippen LogP contribution in [-0.4, -0.2) is 17.9 Å². The summed E-state index contributed by atoms with van der Waals surface area (Å²) in [5, 5.41) is 0.673. The highest BCUT2D eigenvalue weighted by atomic mass is 35.5. The second-order valence-corrected chi connectivity index (χ2v) is 6.73. The maximum absolute atomic E-state index is 12.6. The van der Waals surface area contributed by atoms with Gasteiger partial charge in [-0.3, -0.25) is 4.79 Å². The third-order valence-corrected chi connectivity index (χ3v) is 5.28. The Kier molecular flexibility index (Phi) is 3.63. The van der Waals surface area contributed by atoms with E-state index in [1.54, 1.807) is 12.1 Å². The number of amides is 1. The first-order chi connectivity index (χ1) is 9.54. The van der Waals surface area contributed by atoms with Crippen molar-refractivity contribution in [2.75, 3.05) is 12.8 Å². The molecule has 3 rings (SSSR count). The summed E-state index contributed by atoms with van der Waals surface area (Å²) in [7, 11) is 1.87. The fourth-order valence-electron chi connectivity index (χ4n) is 3.88. The van der Waals surface area contributed by atoms with Crippen LogP contribution in [0.1, 0.15) is 31.2 Å². The molecule has 2 fully saturated rings. The molecule has 108 valence electrons. The van der Waals surface area contributed by atoms with E-state index in [4.69, 9.17) is 17.3 Å². The number of hydrogen-bond acceptors (Lipinski definition) is 2. The average molecular weight is 293 g/mol. The first kappa shape index (κ1) is 13.7. The van der Waals surface area contributed by atoms with Crippen molar-refractivity contribution in [1.29, 1.82) is 0 Å². The Bertz CT molecular complexity index is 531. The van der Waals surface area contributed by atoms with Gasteiger partial charge in [0.15, 0.2) is 0 Å². The number of nitrogens with zero attached hydrogens (tertiary/aromatic N) is 1. The predicted molar refractivity (Wildman–Crippen MR) is 81.3 cm³/mol. The molecule has 2 bridgehead atoms. The second kappa shape index (κ2) is 5.28. The minimum absolute atomic E-state index is 0.235. The third-order valence-electron chi connectivity index (χ3n) is 4.91. The van der Waals surface area contributed by atoms with Gasteiger partial charge in [-0.2, -0.15) is 0 Å². The van der Waals surface area contributed by atoms with Crippen molar-refractivity contribution < 1.29 is 4.79 Å². The largest absolute Gasteiger partial charge is 0.399 e. The molecule has 0 aliphatic heterocycles. The van der Waals surface area contributed by atoms with Crippen LogP contribution in [0.3, 0.4) is 0 Å². The zero-order valence-electron chi connectivity index (χ0n) is 11.8. The van der Waals surface area contributed by atoms with Gasteiger partial charge >= 0.3 is 0 Å². The summed E-state index contributed by atoms with van der Waals surface area (Å²) in [5.74, 6) is 1.92. The molecular weight excluding hydrogens is 272 g/mol. The number of hydrogen-bond donors (Lipinski definition) is 1. The second-order valence-electron chi connectivity index (χ2n) is 6.33. The molecule has 20 heavy (non-hydrogen) atoms. The fourth-order valence-corrected chi connectivity index (χ4v) is 4.06. The molecule has 3 nitrogen and oxygen atoms in total. The van der Waals surface area contributed by atoms with Gasteiger partial charge in [0.25, 0.3) is 0 Å². The molecule has 1 aromatic rings. The van der Waals surface area contributed by atoms with Crippen LogP contribution in [0.5, 0.6) is 0 Å². The highest BCUT2D eigenvalue weighted by Crippen LogP contribution is 2.48. The fraction of sp³-hybridized carbons (Fsp3) is 0.562. The number of carbonyl (C=O) groups is 1. The predicted octanol–water partition coefficient (Wildman–Crippen LogP) is 3.32. The van der Waals surface area contributed by atoms with Crippen LogP contribution in [0.2, 0.25) is 5.02 Å². The summed E-state index contributed by atoms with van der Waals surface area (Å²) >= 11 is 6.17. The number of halogens is 1. The quantitative estimate of drug-likeness (QED) is 0.869. The molecule has 2 saturated carbocycles. The summed E-state index contributed by atoms with van der Waals surface area (Å²) in [5.41, 5.74) is 7.40. The lowest BCUT2D eigenvalue weighted by Crippen LogP contribution is -2.35. The van der Waals surface area contributed by atoms with Gasteiger partial charge < -0.3 is 10.6 Å². The molecule has 4 heteroatoms. The average Bonchev–Trinajstić information content (AvgIpc) is 3.04. The van der Waals surface area contributed by atoms with E-state index in [1.807, 2.05) is 18.0 Å². The maximum Gasteiger partial charge on any atom is 0.226 e. The molecule has 2 N–H and O–H groups in total. The lowest BCUT2D eigenvalue weighted by atomic mass is 9.88. The van der Waals surface area contributed by atoms with Gasteiger partial charge in [0, 0.05) is 30.2 Å². The zero-order chi connectivity index (χ0) is 14.3. The molecule has 3 unspecified atom stereocenters. The zero-order valence-corrected chi connectivity index (χ0v) is 12.6. The van der Waals surface area contributed by atoms with Crippen LogP contribution < -0.4 is 5.73 Å². The van der Waals surface area contributed by atoms with Gasteiger partial charge in [-0.15, -0.1) is 0 Å². The Morgan fingerprint density at radius 2 is 2.20 bits per heavy atom. The number of carbonyl (C=O) groups excluding carboxylic acids is 1. The van der Waals surface area contributed by atoms with Crippen molar-refractivity contribution >= 4 is 23.2 Å². The Hall–Kier alpha value is -1.22. The standard InChI is InChI=1S/C16H21ClN2O/c1-19(9-12-8-13(18)4-5-15(12)17)16(20)14-7-10-2-3-11(14)6-10/h4-5,8,10-11,14H,2-3,6-7,9,18H2,1H3. The number of rotatable bonds is 3. The van der Waals surface area contributed by atoms with E-state index in [2.05, 4.69) is 0 Å². The lowest BCUT2D eigenvalue weighted by Gasteiger charge is -2.27. The van der Waals surface area contributed by atoms with Crippen molar-refractivity contribution in [2.24, 2.45) is 17.8 Å². The van der Waals surface area contributed by atoms with Crippen LogP contribution in [0.4, 0.5) is 5.69 Å². The van der Waals surface area contributed by atoms with Crippen molar-refractivity contribution in [3.63, 3.8) is 0 Å². The normalized spacial score (nSPS) is 27.8. The van der Waals surface area contributed by atoms with Crippen LogP contribution >= 0.6 is 11.6 Å². The Labute approximate surface area is 125 Å². The Morgan fingerprint density at radius 1 is 1.40 bits per heavy atom.